The molecule has 1 amide bonds. The SMILES string of the molecule is CCCCCCCCCCCCCCCCCCCCCCCCC/C=C/CC/C=C/CCCC(O)C(O)C(COC1OC(CO)C(O)C(O)C1O)NC(=O)C(O)CCCCCCCCCCCCC. The molecule has 1 fully saturated rings. The maximum Gasteiger partial charge on any atom is 0.249 e. The molecule has 0 aromatic rings. The lowest BCUT2D eigenvalue weighted by Gasteiger charge is -2.40. The molecule has 0 aromatic carbocycles. The summed E-state index contributed by atoms with van der Waals surface area (Å²) in [6.07, 6.45) is 47.0. The Kier molecular flexibility index (Phi) is 46.2. The molecule has 0 radical (unpaired) electrons. The van der Waals surface area contributed by atoms with E-state index in [1.807, 2.05) is 0 Å². The number of aliphatic hydroxyl groups is 7. The van der Waals surface area contributed by atoms with E-state index in [1.165, 1.54) is 193 Å². The normalized spacial score (nSPS) is 20.4. The first kappa shape index (κ1) is 66.6. The highest BCUT2D eigenvalue weighted by molar-refractivity contribution is 5.80. The second-order valence-electron chi connectivity index (χ2n) is 21.1. The lowest BCUT2D eigenvalue weighted by atomic mass is 9.98. The fraction of sp³-hybridized carbons (Fsp3) is 0.915. The van der Waals surface area contributed by atoms with Gasteiger partial charge in [0, 0.05) is 0 Å². The van der Waals surface area contributed by atoms with Crippen molar-refractivity contribution < 1.29 is 50.0 Å². The van der Waals surface area contributed by atoms with Crippen LogP contribution in [0.2, 0.25) is 0 Å². The molecule has 0 aromatic heterocycles. The molecule has 0 spiro atoms. The van der Waals surface area contributed by atoms with Gasteiger partial charge in [-0.25, -0.2) is 0 Å². The minimum atomic E-state index is -1.67. The summed E-state index contributed by atoms with van der Waals surface area (Å²) in [4.78, 5) is 13.1. The van der Waals surface area contributed by atoms with Gasteiger partial charge in [0.2, 0.25) is 5.91 Å². The Morgan fingerprint density at radius 1 is 0.486 bits per heavy atom. The van der Waals surface area contributed by atoms with Crippen LogP contribution >= 0.6 is 0 Å². The van der Waals surface area contributed by atoms with Crippen molar-refractivity contribution in [3.8, 4) is 0 Å². The third-order valence-corrected chi connectivity index (χ3v) is 14.5. The largest absolute Gasteiger partial charge is 0.394 e. The summed E-state index contributed by atoms with van der Waals surface area (Å²) in [5, 5.41) is 75.9. The van der Waals surface area contributed by atoms with Crippen LogP contribution in [0.3, 0.4) is 0 Å². The van der Waals surface area contributed by atoms with E-state index in [4.69, 9.17) is 9.47 Å². The minimum absolute atomic E-state index is 0.249. The van der Waals surface area contributed by atoms with E-state index in [0.717, 1.165) is 38.5 Å². The topological polar surface area (TPSA) is 189 Å². The summed E-state index contributed by atoms with van der Waals surface area (Å²) in [5.74, 6) is -0.709. The van der Waals surface area contributed by atoms with Crippen LogP contribution < -0.4 is 5.32 Å². The van der Waals surface area contributed by atoms with Crippen molar-refractivity contribution in [2.45, 2.75) is 332 Å². The van der Waals surface area contributed by atoms with E-state index in [9.17, 15) is 40.5 Å². The number of aliphatic hydroxyl groups excluding tert-OH is 7. The number of amides is 1. The number of nitrogens with one attached hydrogen (secondary N) is 1. The minimum Gasteiger partial charge on any atom is -0.394 e. The number of carbonyl (C=O) groups is 1. The Hall–Kier alpha value is -1.41. The molecule has 11 nitrogen and oxygen atoms in total. The van der Waals surface area contributed by atoms with Crippen LogP contribution in [0, 0.1) is 0 Å². The highest BCUT2D eigenvalue weighted by atomic mass is 16.7. The van der Waals surface area contributed by atoms with Gasteiger partial charge in [-0.15, -0.1) is 0 Å². The van der Waals surface area contributed by atoms with E-state index >= 15 is 0 Å². The van der Waals surface area contributed by atoms with Crippen molar-refractivity contribution in [3.63, 3.8) is 0 Å². The third-order valence-electron chi connectivity index (χ3n) is 14.5. The molecule has 1 rings (SSSR count). The number of rotatable bonds is 51. The zero-order valence-corrected chi connectivity index (χ0v) is 45.3. The Labute approximate surface area is 429 Å². The monoisotopic (exact) mass is 996 g/mol. The number of unbranched alkanes of at least 4 members (excludes halogenated alkanes) is 35. The van der Waals surface area contributed by atoms with E-state index in [1.54, 1.807) is 0 Å². The van der Waals surface area contributed by atoms with Gasteiger partial charge in [-0.1, -0.05) is 250 Å². The molecule has 0 saturated carbocycles. The number of hydrogen-bond donors (Lipinski definition) is 8. The maximum absolute atomic E-state index is 13.1. The van der Waals surface area contributed by atoms with Gasteiger partial charge in [0.1, 0.15) is 36.6 Å². The summed E-state index contributed by atoms with van der Waals surface area (Å²) in [5.41, 5.74) is 0. The maximum atomic E-state index is 13.1. The van der Waals surface area contributed by atoms with Gasteiger partial charge >= 0.3 is 0 Å². The summed E-state index contributed by atoms with van der Waals surface area (Å²) in [7, 11) is 0. The van der Waals surface area contributed by atoms with Crippen LogP contribution in [0.25, 0.3) is 0 Å². The van der Waals surface area contributed by atoms with Crippen LogP contribution in [0.1, 0.15) is 277 Å². The third kappa shape index (κ3) is 36.5. The quantitative estimate of drug-likeness (QED) is 0.0215. The lowest BCUT2D eigenvalue weighted by molar-refractivity contribution is -0.303. The van der Waals surface area contributed by atoms with Crippen molar-refractivity contribution in [1.82, 2.24) is 5.32 Å². The first-order valence-electron chi connectivity index (χ1n) is 29.7. The van der Waals surface area contributed by atoms with Crippen LogP contribution in [-0.2, 0) is 14.3 Å². The predicted octanol–water partition coefficient (Wildman–Crippen LogP) is 12.5. The van der Waals surface area contributed by atoms with Crippen LogP contribution in [0.15, 0.2) is 24.3 Å². The average molecular weight is 997 g/mol. The molecule has 1 saturated heterocycles. The molecule has 70 heavy (non-hydrogen) atoms. The summed E-state index contributed by atoms with van der Waals surface area (Å²) in [6, 6.07) is -1.19. The number of hydrogen-bond acceptors (Lipinski definition) is 10. The lowest BCUT2D eigenvalue weighted by Crippen LogP contribution is -2.60. The van der Waals surface area contributed by atoms with Crippen LogP contribution in [0.5, 0.6) is 0 Å². The second-order valence-corrected chi connectivity index (χ2v) is 21.1. The molecular weight excluding hydrogens is 883 g/mol. The van der Waals surface area contributed by atoms with Crippen molar-refractivity contribution in [2.75, 3.05) is 13.2 Å². The predicted molar refractivity (Wildman–Crippen MR) is 289 cm³/mol. The Bertz CT molecular complexity index is 1190. The molecule has 1 heterocycles. The molecule has 1 aliphatic heterocycles. The Morgan fingerprint density at radius 3 is 1.27 bits per heavy atom. The Balaban J connectivity index is 2.22. The number of carbonyl (C=O) groups excluding carboxylic acids is 1. The van der Waals surface area contributed by atoms with Gasteiger partial charge in [0.25, 0.3) is 0 Å². The fourth-order valence-corrected chi connectivity index (χ4v) is 9.64. The molecule has 414 valence electrons. The first-order valence-corrected chi connectivity index (χ1v) is 29.7. The summed E-state index contributed by atoms with van der Waals surface area (Å²) >= 11 is 0. The van der Waals surface area contributed by atoms with Gasteiger partial charge in [-0.3, -0.25) is 4.79 Å². The molecular formula is C59H113NO10. The number of allylic oxidation sites excluding steroid dienone is 4. The van der Waals surface area contributed by atoms with Crippen molar-refractivity contribution >= 4 is 5.91 Å². The summed E-state index contributed by atoms with van der Waals surface area (Å²) < 4.78 is 11.1. The van der Waals surface area contributed by atoms with Crippen LogP contribution in [-0.4, -0.2) is 110 Å². The van der Waals surface area contributed by atoms with E-state index < -0.39 is 74.2 Å². The smallest absolute Gasteiger partial charge is 0.249 e. The molecule has 0 aliphatic carbocycles. The average Bonchev–Trinajstić information content (AvgIpc) is 3.36. The zero-order valence-electron chi connectivity index (χ0n) is 45.3. The Morgan fingerprint density at radius 2 is 0.857 bits per heavy atom. The standard InChI is InChI=1S/C59H113NO10/c1-3-5-7-9-11-13-15-16-17-18-19-20-21-22-23-24-25-26-27-28-29-30-31-32-33-34-35-37-38-40-42-44-46-51(62)54(64)50(49-69-59-57(67)56(66)55(65)53(48-61)70-59)60-58(68)52(63)47-45-43-41-39-36-14-12-10-8-6-4-2/h33-34,38,40,50-57,59,61-67H,3-32,35-37,39,41-49H2,1-2H3,(H,60,68)/b34-33+,40-38+. The number of ether oxygens (including phenoxy) is 2. The first-order chi connectivity index (χ1) is 34.2. The fourth-order valence-electron chi connectivity index (χ4n) is 9.64. The molecule has 9 atom stereocenters. The van der Waals surface area contributed by atoms with Gasteiger partial charge < -0.3 is 50.5 Å². The van der Waals surface area contributed by atoms with Crippen molar-refractivity contribution in [3.05, 3.63) is 24.3 Å². The van der Waals surface area contributed by atoms with Gasteiger partial charge in [0.05, 0.1) is 25.4 Å². The van der Waals surface area contributed by atoms with E-state index in [-0.39, 0.29) is 12.8 Å². The molecule has 9 unspecified atom stereocenters. The van der Waals surface area contributed by atoms with Crippen LogP contribution in [0.4, 0.5) is 0 Å². The van der Waals surface area contributed by atoms with E-state index in [2.05, 4.69) is 43.5 Å². The molecule has 8 N–H and O–H groups in total. The molecule has 1 aliphatic rings. The van der Waals surface area contributed by atoms with Crippen molar-refractivity contribution in [1.29, 1.82) is 0 Å². The highest BCUT2D eigenvalue weighted by Crippen LogP contribution is 2.23. The van der Waals surface area contributed by atoms with Crippen molar-refractivity contribution in [2.24, 2.45) is 0 Å². The molecule has 11 heteroatoms. The van der Waals surface area contributed by atoms with Gasteiger partial charge in [-0.05, 0) is 51.4 Å². The zero-order chi connectivity index (χ0) is 51.1. The highest BCUT2D eigenvalue weighted by Gasteiger charge is 2.44. The van der Waals surface area contributed by atoms with E-state index in [0.29, 0.717) is 19.3 Å². The molecule has 0 bridgehead atoms. The summed E-state index contributed by atoms with van der Waals surface area (Å²) in [6.45, 7) is 3.44. The second kappa shape index (κ2) is 48.5. The van der Waals surface area contributed by atoms with Gasteiger partial charge in [0.15, 0.2) is 6.29 Å². The van der Waals surface area contributed by atoms with Gasteiger partial charge in [-0.2, -0.15) is 0 Å².